The van der Waals surface area contributed by atoms with Gasteiger partial charge in [-0.25, -0.2) is 4.68 Å². The molecule has 1 aromatic carbocycles. The number of aromatic nitrogens is 2. The fraction of sp³-hybridized carbons (Fsp3) is 0.308. The van der Waals surface area contributed by atoms with Crippen molar-refractivity contribution < 1.29 is 5.11 Å². The first-order chi connectivity index (χ1) is 8.67. The molecule has 1 heterocycles. The molecule has 4 nitrogen and oxygen atoms in total. The number of H-pyrrole nitrogens is 1. The van der Waals surface area contributed by atoms with E-state index in [2.05, 4.69) is 5.10 Å². The van der Waals surface area contributed by atoms with Crippen molar-refractivity contribution in [2.45, 2.75) is 19.8 Å². The van der Waals surface area contributed by atoms with Gasteiger partial charge in [0.25, 0.3) is 5.56 Å². The minimum Gasteiger partial charge on any atom is -0.396 e. The normalized spacial score (nSPS) is 10.8. The highest BCUT2D eigenvalue weighted by molar-refractivity contribution is 6.30. The number of rotatable bonds is 4. The Morgan fingerprint density at radius 3 is 2.83 bits per heavy atom. The van der Waals surface area contributed by atoms with Crippen molar-refractivity contribution in [2.24, 2.45) is 0 Å². The van der Waals surface area contributed by atoms with Crippen molar-refractivity contribution in [3.63, 3.8) is 0 Å². The van der Waals surface area contributed by atoms with Gasteiger partial charge in [-0.05, 0) is 24.6 Å². The summed E-state index contributed by atoms with van der Waals surface area (Å²) in [6.07, 6.45) is 1.09. The summed E-state index contributed by atoms with van der Waals surface area (Å²) in [5, 5.41) is 12.6. The predicted octanol–water partition coefficient (Wildman–Crippen LogP) is 1.92. The molecule has 0 spiro atoms. The largest absolute Gasteiger partial charge is 0.396 e. The van der Waals surface area contributed by atoms with Crippen LogP contribution in [0.1, 0.15) is 18.2 Å². The maximum absolute atomic E-state index is 12.2. The van der Waals surface area contributed by atoms with Crippen molar-refractivity contribution in [3.8, 4) is 5.69 Å². The molecule has 0 fully saturated rings. The molecule has 18 heavy (non-hydrogen) atoms. The highest BCUT2D eigenvalue weighted by Gasteiger charge is 2.13. The Bertz CT molecular complexity index is 601. The van der Waals surface area contributed by atoms with E-state index in [1.807, 2.05) is 13.0 Å². The lowest BCUT2D eigenvalue weighted by molar-refractivity contribution is 0.299. The van der Waals surface area contributed by atoms with Crippen LogP contribution in [0.4, 0.5) is 0 Å². The first-order valence-corrected chi connectivity index (χ1v) is 6.24. The van der Waals surface area contributed by atoms with E-state index >= 15 is 0 Å². The molecule has 0 aliphatic heterocycles. The lowest BCUT2D eigenvalue weighted by atomic mass is 10.1. The third-order valence-corrected chi connectivity index (χ3v) is 3.09. The van der Waals surface area contributed by atoms with Gasteiger partial charge in [-0.1, -0.05) is 24.6 Å². The summed E-state index contributed by atoms with van der Waals surface area (Å²) in [6, 6.07) is 7.09. The number of benzene rings is 1. The summed E-state index contributed by atoms with van der Waals surface area (Å²) in [6.45, 7) is 1.93. The molecule has 0 saturated heterocycles. The number of hydrogen-bond donors (Lipinski definition) is 2. The molecule has 0 aliphatic rings. The quantitative estimate of drug-likeness (QED) is 0.888. The van der Waals surface area contributed by atoms with E-state index in [1.165, 1.54) is 4.68 Å². The lowest BCUT2D eigenvalue weighted by Gasteiger charge is -2.01. The molecule has 1 aromatic heterocycles. The van der Waals surface area contributed by atoms with Crippen LogP contribution in [0.2, 0.25) is 5.02 Å². The molecular weight excluding hydrogens is 252 g/mol. The summed E-state index contributed by atoms with van der Waals surface area (Å²) < 4.78 is 1.47. The van der Waals surface area contributed by atoms with Gasteiger partial charge in [-0.2, -0.15) is 0 Å². The first-order valence-electron chi connectivity index (χ1n) is 5.87. The average Bonchev–Trinajstić information content (AvgIpc) is 2.67. The molecule has 96 valence electrons. The van der Waals surface area contributed by atoms with Gasteiger partial charge < -0.3 is 5.11 Å². The molecule has 0 amide bonds. The highest BCUT2D eigenvalue weighted by Crippen LogP contribution is 2.14. The van der Waals surface area contributed by atoms with Crippen LogP contribution in [-0.4, -0.2) is 21.5 Å². The van der Waals surface area contributed by atoms with Crippen LogP contribution >= 0.6 is 11.6 Å². The molecule has 0 unspecified atom stereocenters. The second-order valence-corrected chi connectivity index (χ2v) is 4.45. The first kappa shape index (κ1) is 12.9. The SMILES string of the molecule is CCc1[nH]n(-c2cccc(Cl)c2)c(=O)c1CCO. The van der Waals surface area contributed by atoms with Crippen LogP contribution in [0, 0.1) is 0 Å². The zero-order valence-corrected chi connectivity index (χ0v) is 10.9. The van der Waals surface area contributed by atoms with Gasteiger partial charge in [-0.3, -0.25) is 9.89 Å². The van der Waals surface area contributed by atoms with Crippen molar-refractivity contribution in [3.05, 3.63) is 50.9 Å². The van der Waals surface area contributed by atoms with Crippen LogP contribution in [0.5, 0.6) is 0 Å². The summed E-state index contributed by atoms with van der Waals surface area (Å²) in [7, 11) is 0. The Labute approximate surface area is 110 Å². The predicted molar refractivity (Wildman–Crippen MR) is 71.6 cm³/mol. The maximum atomic E-state index is 12.2. The third kappa shape index (κ3) is 2.35. The lowest BCUT2D eigenvalue weighted by Crippen LogP contribution is -2.18. The standard InChI is InChI=1S/C13H15ClN2O2/c1-2-12-11(6-7-17)13(18)16(15-12)10-5-3-4-9(14)8-10/h3-5,8,15,17H,2,6-7H2,1H3. The number of nitrogens with one attached hydrogen (secondary N) is 1. The topological polar surface area (TPSA) is 58.0 Å². The van der Waals surface area contributed by atoms with E-state index in [0.717, 1.165) is 12.1 Å². The fourth-order valence-corrected chi connectivity index (χ4v) is 2.16. The Hall–Kier alpha value is -1.52. The van der Waals surface area contributed by atoms with Gasteiger partial charge in [0.05, 0.1) is 5.69 Å². The highest BCUT2D eigenvalue weighted by atomic mass is 35.5. The molecular formula is C13H15ClN2O2. The Kier molecular flexibility index (Phi) is 3.89. The Balaban J connectivity index is 2.55. The molecule has 0 radical (unpaired) electrons. The maximum Gasteiger partial charge on any atom is 0.274 e. The monoisotopic (exact) mass is 266 g/mol. The van der Waals surface area contributed by atoms with Crippen molar-refractivity contribution in [1.82, 2.24) is 9.78 Å². The van der Waals surface area contributed by atoms with Gasteiger partial charge in [0.15, 0.2) is 0 Å². The van der Waals surface area contributed by atoms with E-state index in [0.29, 0.717) is 22.7 Å². The van der Waals surface area contributed by atoms with Crippen LogP contribution in [-0.2, 0) is 12.8 Å². The molecule has 2 rings (SSSR count). The number of hydrogen-bond acceptors (Lipinski definition) is 2. The second-order valence-electron chi connectivity index (χ2n) is 4.02. The Morgan fingerprint density at radius 1 is 1.44 bits per heavy atom. The van der Waals surface area contributed by atoms with Crippen LogP contribution in [0.25, 0.3) is 5.69 Å². The number of aliphatic hydroxyl groups is 1. The van der Waals surface area contributed by atoms with Gasteiger partial charge in [0.1, 0.15) is 0 Å². The van der Waals surface area contributed by atoms with E-state index in [-0.39, 0.29) is 12.2 Å². The molecule has 2 aromatic rings. The van der Waals surface area contributed by atoms with Crippen LogP contribution in [0.15, 0.2) is 29.1 Å². The van der Waals surface area contributed by atoms with Gasteiger partial charge in [0, 0.05) is 29.3 Å². The molecule has 0 atom stereocenters. The van der Waals surface area contributed by atoms with Gasteiger partial charge >= 0.3 is 0 Å². The summed E-state index contributed by atoms with van der Waals surface area (Å²) >= 11 is 5.92. The van der Waals surface area contributed by atoms with E-state index in [1.54, 1.807) is 18.2 Å². The summed E-state index contributed by atoms with van der Waals surface area (Å²) in [5.41, 5.74) is 2.07. The minimum absolute atomic E-state index is 0.0321. The Morgan fingerprint density at radius 2 is 2.22 bits per heavy atom. The number of nitrogens with zero attached hydrogens (tertiary/aromatic N) is 1. The molecule has 5 heteroatoms. The van der Waals surface area contributed by atoms with Crippen molar-refractivity contribution in [2.75, 3.05) is 6.61 Å². The molecule has 0 saturated carbocycles. The number of aromatic amines is 1. The smallest absolute Gasteiger partial charge is 0.274 e. The van der Waals surface area contributed by atoms with Crippen LogP contribution in [0.3, 0.4) is 0 Å². The second kappa shape index (κ2) is 5.42. The van der Waals surface area contributed by atoms with E-state index in [4.69, 9.17) is 16.7 Å². The van der Waals surface area contributed by atoms with Gasteiger partial charge in [-0.15, -0.1) is 0 Å². The molecule has 0 bridgehead atoms. The van der Waals surface area contributed by atoms with Crippen LogP contribution < -0.4 is 5.56 Å². The number of aliphatic hydroxyl groups excluding tert-OH is 1. The molecule has 0 aliphatic carbocycles. The van der Waals surface area contributed by atoms with Crippen molar-refractivity contribution in [1.29, 1.82) is 0 Å². The third-order valence-electron chi connectivity index (χ3n) is 2.85. The zero-order valence-electron chi connectivity index (χ0n) is 10.1. The fourth-order valence-electron chi connectivity index (χ4n) is 1.98. The van der Waals surface area contributed by atoms with E-state index < -0.39 is 0 Å². The zero-order chi connectivity index (χ0) is 13.1. The van der Waals surface area contributed by atoms with E-state index in [9.17, 15) is 4.79 Å². The van der Waals surface area contributed by atoms with Gasteiger partial charge in [0.2, 0.25) is 0 Å². The summed E-state index contributed by atoms with van der Waals surface area (Å²) in [4.78, 5) is 12.2. The number of halogens is 1. The number of aryl methyl sites for hydroxylation is 1. The minimum atomic E-state index is -0.122. The summed E-state index contributed by atoms with van der Waals surface area (Å²) in [5.74, 6) is 0. The van der Waals surface area contributed by atoms with Crippen molar-refractivity contribution >= 4 is 11.6 Å². The average molecular weight is 267 g/mol. The molecule has 2 N–H and O–H groups in total.